The molecule has 1 rings (SSSR count). The average Bonchev–Trinajstić information content (AvgIpc) is 2.95. The van der Waals surface area contributed by atoms with Crippen molar-refractivity contribution in [2.24, 2.45) is 11.3 Å². The summed E-state index contributed by atoms with van der Waals surface area (Å²) in [5.74, 6) is 1.35. The summed E-state index contributed by atoms with van der Waals surface area (Å²) in [4.78, 5) is 0. The number of hydrogen-bond acceptors (Lipinski definition) is 2. The summed E-state index contributed by atoms with van der Waals surface area (Å²) in [6.45, 7) is 4.65. The van der Waals surface area contributed by atoms with Gasteiger partial charge >= 0.3 is 0 Å². The molecule has 1 N–H and O–H groups in total. The summed E-state index contributed by atoms with van der Waals surface area (Å²) in [7, 11) is -3.06. The van der Waals surface area contributed by atoms with Crippen molar-refractivity contribution in [2.75, 3.05) is 18.2 Å². The van der Waals surface area contributed by atoms with E-state index in [-0.39, 0.29) is 5.41 Å². The van der Waals surface area contributed by atoms with Crippen molar-refractivity contribution in [1.82, 2.24) is 4.72 Å². The van der Waals surface area contributed by atoms with Gasteiger partial charge in [0.05, 0.1) is 5.75 Å². The molecule has 96 valence electrons. The molecular formula is C11H22ClNO2S. The Bertz CT molecular complexity index is 310. The third-order valence-electron chi connectivity index (χ3n) is 2.91. The Kier molecular flexibility index (Phi) is 5.08. The van der Waals surface area contributed by atoms with Crippen LogP contribution >= 0.6 is 11.6 Å². The zero-order valence-corrected chi connectivity index (χ0v) is 11.7. The standard InChI is InChI=1S/C11H22ClNO2S/c1-11(2,6-3-7-12)9-13-16(14,15)8-10-4-5-10/h10,13H,3-9H2,1-2H3. The second-order valence-electron chi connectivity index (χ2n) is 5.50. The van der Waals surface area contributed by atoms with Crippen molar-refractivity contribution in [1.29, 1.82) is 0 Å². The number of alkyl halides is 1. The Morgan fingerprint density at radius 3 is 2.50 bits per heavy atom. The fourth-order valence-corrected chi connectivity index (χ4v) is 3.41. The number of rotatable bonds is 8. The first-order valence-corrected chi connectivity index (χ1v) is 8.07. The molecule has 3 nitrogen and oxygen atoms in total. The first-order chi connectivity index (χ1) is 7.35. The number of sulfonamides is 1. The number of nitrogens with one attached hydrogen (secondary N) is 1. The van der Waals surface area contributed by atoms with E-state index >= 15 is 0 Å². The van der Waals surface area contributed by atoms with Crippen LogP contribution in [-0.4, -0.2) is 26.6 Å². The molecule has 5 heteroatoms. The Hall–Kier alpha value is 0.200. The maximum atomic E-state index is 11.7. The molecule has 0 unspecified atom stereocenters. The molecule has 0 radical (unpaired) electrons. The zero-order valence-electron chi connectivity index (χ0n) is 10.1. The van der Waals surface area contributed by atoms with Crippen molar-refractivity contribution < 1.29 is 8.42 Å². The summed E-state index contributed by atoms with van der Waals surface area (Å²) >= 11 is 5.64. The lowest BCUT2D eigenvalue weighted by molar-refractivity contribution is 0.331. The lowest BCUT2D eigenvalue weighted by Gasteiger charge is -2.24. The highest BCUT2D eigenvalue weighted by molar-refractivity contribution is 7.89. The van der Waals surface area contributed by atoms with Crippen molar-refractivity contribution in [3.63, 3.8) is 0 Å². The van der Waals surface area contributed by atoms with Gasteiger partial charge < -0.3 is 0 Å². The van der Waals surface area contributed by atoms with Gasteiger partial charge in [0.2, 0.25) is 10.0 Å². The van der Waals surface area contributed by atoms with E-state index in [1.165, 1.54) is 0 Å². The van der Waals surface area contributed by atoms with Gasteiger partial charge in [-0.25, -0.2) is 13.1 Å². The fourth-order valence-electron chi connectivity index (χ4n) is 1.59. The normalized spacial score (nSPS) is 17.7. The van der Waals surface area contributed by atoms with E-state index in [1.807, 2.05) is 0 Å². The Balaban J connectivity index is 2.30. The summed E-state index contributed by atoms with van der Waals surface area (Å²) in [5, 5.41) is 0. The van der Waals surface area contributed by atoms with Crippen LogP contribution in [-0.2, 0) is 10.0 Å². The van der Waals surface area contributed by atoms with Crippen LogP contribution in [0.25, 0.3) is 0 Å². The van der Waals surface area contributed by atoms with Gasteiger partial charge in [-0.3, -0.25) is 0 Å². The molecule has 0 bridgehead atoms. The average molecular weight is 268 g/mol. The molecule has 0 aromatic heterocycles. The summed E-state index contributed by atoms with van der Waals surface area (Å²) in [5.41, 5.74) is -0.00842. The van der Waals surface area contributed by atoms with E-state index in [9.17, 15) is 8.42 Å². The van der Waals surface area contributed by atoms with Crippen molar-refractivity contribution in [3.05, 3.63) is 0 Å². The minimum absolute atomic E-state index is 0.00842. The van der Waals surface area contributed by atoms with Crippen LogP contribution in [0.5, 0.6) is 0 Å². The second-order valence-corrected chi connectivity index (χ2v) is 7.73. The molecule has 0 heterocycles. The molecular weight excluding hydrogens is 246 g/mol. The van der Waals surface area contributed by atoms with Gasteiger partial charge in [-0.05, 0) is 37.0 Å². The van der Waals surface area contributed by atoms with Crippen LogP contribution in [0.4, 0.5) is 0 Å². The van der Waals surface area contributed by atoms with E-state index in [2.05, 4.69) is 18.6 Å². The first-order valence-electron chi connectivity index (χ1n) is 5.88. The summed E-state index contributed by atoms with van der Waals surface area (Å²) in [6.07, 6.45) is 4.01. The molecule has 1 aliphatic carbocycles. The highest BCUT2D eigenvalue weighted by Gasteiger charge is 2.29. The van der Waals surface area contributed by atoms with Gasteiger partial charge in [-0.2, -0.15) is 0 Å². The molecule has 1 fully saturated rings. The minimum Gasteiger partial charge on any atom is -0.215 e. The van der Waals surface area contributed by atoms with Gasteiger partial charge in [-0.1, -0.05) is 13.8 Å². The highest BCUT2D eigenvalue weighted by Crippen LogP contribution is 2.30. The van der Waals surface area contributed by atoms with Gasteiger partial charge in [0.15, 0.2) is 0 Å². The molecule has 0 amide bonds. The van der Waals surface area contributed by atoms with E-state index in [4.69, 9.17) is 11.6 Å². The zero-order chi connectivity index (χ0) is 12.2. The summed E-state index contributed by atoms with van der Waals surface area (Å²) in [6, 6.07) is 0. The minimum atomic E-state index is -3.06. The summed E-state index contributed by atoms with van der Waals surface area (Å²) < 4.78 is 26.0. The Morgan fingerprint density at radius 2 is 2.00 bits per heavy atom. The van der Waals surface area contributed by atoms with Gasteiger partial charge in [0.25, 0.3) is 0 Å². The number of halogens is 1. The molecule has 0 aliphatic heterocycles. The Morgan fingerprint density at radius 1 is 1.38 bits per heavy atom. The molecule has 0 atom stereocenters. The fraction of sp³-hybridized carbons (Fsp3) is 1.00. The van der Waals surface area contributed by atoms with Crippen LogP contribution in [0.1, 0.15) is 39.5 Å². The molecule has 0 spiro atoms. The van der Waals surface area contributed by atoms with E-state index in [0.29, 0.717) is 24.1 Å². The number of hydrogen-bond donors (Lipinski definition) is 1. The topological polar surface area (TPSA) is 46.2 Å². The first kappa shape index (κ1) is 14.3. The predicted octanol–water partition coefficient (Wildman–Crippen LogP) is 2.36. The van der Waals surface area contributed by atoms with E-state index < -0.39 is 10.0 Å². The maximum Gasteiger partial charge on any atom is 0.211 e. The van der Waals surface area contributed by atoms with E-state index in [0.717, 1.165) is 25.7 Å². The van der Waals surface area contributed by atoms with Gasteiger partial charge in [0, 0.05) is 12.4 Å². The largest absolute Gasteiger partial charge is 0.215 e. The molecule has 0 aromatic rings. The molecule has 1 saturated carbocycles. The van der Waals surface area contributed by atoms with Crippen LogP contribution in [0.15, 0.2) is 0 Å². The van der Waals surface area contributed by atoms with Crippen LogP contribution < -0.4 is 4.72 Å². The smallest absolute Gasteiger partial charge is 0.211 e. The lowest BCUT2D eigenvalue weighted by atomic mass is 9.88. The van der Waals surface area contributed by atoms with E-state index in [1.54, 1.807) is 0 Å². The SMILES string of the molecule is CC(C)(CCCCl)CNS(=O)(=O)CC1CC1. The van der Waals surface area contributed by atoms with Crippen LogP contribution in [0.3, 0.4) is 0 Å². The maximum absolute atomic E-state index is 11.7. The van der Waals surface area contributed by atoms with Gasteiger partial charge in [-0.15, -0.1) is 11.6 Å². The lowest BCUT2D eigenvalue weighted by Crippen LogP contribution is -2.35. The third kappa shape index (κ3) is 6.06. The van der Waals surface area contributed by atoms with Crippen molar-refractivity contribution in [3.8, 4) is 0 Å². The van der Waals surface area contributed by atoms with Crippen LogP contribution in [0.2, 0.25) is 0 Å². The Labute approximate surface area is 104 Å². The molecule has 0 saturated heterocycles. The molecule has 1 aliphatic rings. The monoisotopic (exact) mass is 267 g/mol. The van der Waals surface area contributed by atoms with Crippen molar-refractivity contribution in [2.45, 2.75) is 39.5 Å². The van der Waals surface area contributed by atoms with Crippen molar-refractivity contribution >= 4 is 21.6 Å². The predicted molar refractivity (Wildman–Crippen MR) is 68.2 cm³/mol. The van der Waals surface area contributed by atoms with Crippen LogP contribution in [0, 0.1) is 11.3 Å². The second kappa shape index (κ2) is 5.69. The molecule has 0 aromatic carbocycles. The highest BCUT2D eigenvalue weighted by atomic mass is 35.5. The molecule has 16 heavy (non-hydrogen) atoms. The quantitative estimate of drug-likeness (QED) is 0.687. The third-order valence-corrected chi connectivity index (χ3v) is 4.67. The van der Waals surface area contributed by atoms with Gasteiger partial charge in [0.1, 0.15) is 0 Å².